The molecule has 1 N–H and O–H groups in total. The topological polar surface area (TPSA) is 58.6 Å². The van der Waals surface area contributed by atoms with Crippen molar-refractivity contribution in [1.82, 2.24) is 10.2 Å². The lowest BCUT2D eigenvalue weighted by Crippen LogP contribution is -2.48. The number of aryl methyl sites for hydroxylation is 2. The lowest BCUT2D eigenvalue weighted by molar-refractivity contribution is -0.125. The second-order valence-corrected chi connectivity index (χ2v) is 8.05. The Balaban J connectivity index is 1.99. The Hall–Kier alpha value is -1.69. The molecule has 1 fully saturated rings. The zero-order valence-corrected chi connectivity index (χ0v) is 15.8. The van der Waals surface area contributed by atoms with Crippen LogP contribution in [0, 0.1) is 13.8 Å². The fourth-order valence-electron chi connectivity index (χ4n) is 2.58. The molecular formula is C18H26N2O3S. The van der Waals surface area contributed by atoms with E-state index in [1.807, 2.05) is 52.8 Å². The van der Waals surface area contributed by atoms with Crippen LogP contribution in [0.1, 0.15) is 37.5 Å². The number of nitrogens with one attached hydrogen (secondary N) is 1. The molecule has 0 radical (unpaired) electrons. The molecule has 1 aromatic rings. The van der Waals surface area contributed by atoms with E-state index < -0.39 is 17.7 Å². The van der Waals surface area contributed by atoms with Gasteiger partial charge >= 0.3 is 6.09 Å². The van der Waals surface area contributed by atoms with Gasteiger partial charge in [-0.3, -0.25) is 9.69 Å². The number of carbonyl (C=O) groups is 2. The smallest absolute Gasteiger partial charge is 0.411 e. The van der Waals surface area contributed by atoms with E-state index in [0.717, 1.165) is 16.7 Å². The number of nitrogens with zero attached hydrogens (tertiary/aromatic N) is 1. The van der Waals surface area contributed by atoms with Gasteiger partial charge in [0.1, 0.15) is 11.6 Å². The Kier molecular flexibility index (Phi) is 5.80. The molecule has 0 aromatic heterocycles. The van der Waals surface area contributed by atoms with Crippen LogP contribution in [-0.2, 0) is 16.1 Å². The van der Waals surface area contributed by atoms with Crippen LogP contribution < -0.4 is 5.32 Å². The fourth-order valence-corrected chi connectivity index (χ4v) is 3.72. The first kappa shape index (κ1) is 18.6. The summed E-state index contributed by atoms with van der Waals surface area (Å²) in [5, 5.41) is 2.97. The molecule has 0 spiro atoms. The highest BCUT2D eigenvalue weighted by molar-refractivity contribution is 7.99. The van der Waals surface area contributed by atoms with Crippen LogP contribution >= 0.6 is 11.8 Å². The number of hydrogen-bond donors (Lipinski definition) is 1. The number of amides is 2. The summed E-state index contributed by atoms with van der Waals surface area (Å²) < 4.78 is 5.40. The van der Waals surface area contributed by atoms with E-state index in [2.05, 4.69) is 5.32 Å². The maximum absolute atomic E-state index is 12.5. The maximum atomic E-state index is 12.5. The number of benzene rings is 1. The van der Waals surface area contributed by atoms with E-state index >= 15 is 0 Å². The predicted octanol–water partition coefficient (Wildman–Crippen LogP) is 3.23. The van der Waals surface area contributed by atoms with Crippen molar-refractivity contribution in [1.29, 1.82) is 0 Å². The van der Waals surface area contributed by atoms with Crippen LogP contribution in [0.2, 0.25) is 0 Å². The van der Waals surface area contributed by atoms with Crippen LogP contribution in [-0.4, -0.2) is 40.2 Å². The van der Waals surface area contributed by atoms with Crippen molar-refractivity contribution >= 4 is 23.8 Å². The zero-order chi connectivity index (χ0) is 17.9. The molecule has 2 amide bonds. The summed E-state index contributed by atoms with van der Waals surface area (Å²) in [6.45, 7) is 10.0. The number of carbonyl (C=O) groups excluding carboxylic acids is 2. The molecule has 1 atom stereocenters. The van der Waals surface area contributed by atoms with Gasteiger partial charge in [-0.2, -0.15) is 0 Å². The first-order valence-electron chi connectivity index (χ1n) is 8.09. The summed E-state index contributed by atoms with van der Waals surface area (Å²) in [6, 6.07) is 5.60. The third-order valence-corrected chi connectivity index (χ3v) is 4.91. The second-order valence-electron chi connectivity index (χ2n) is 7.05. The van der Waals surface area contributed by atoms with Gasteiger partial charge < -0.3 is 10.1 Å². The van der Waals surface area contributed by atoms with Gasteiger partial charge in [-0.25, -0.2) is 4.79 Å². The highest BCUT2D eigenvalue weighted by Crippen LogP contribution is 2.24. The minimum Gasteiger partial charge on any atom is -0.444 e. The monoisotopic (exact) mass is 350 g/mol. The maximum Gasteiger partial charge on any atom is 0.411 e. The van der Waals surface area contributed by atoms with Gasteiger partial charge in [-0.1, -0.05) is 18.2 Å². The average molecular weight is 350 g/mol. The minimum atomic E-state index is -0.566. The highest BCUT2D eigenvalue weighted by atomic mass is 32.2. The number of thioether (sulfide) groups is 1. The van der Waals surface area contributed by atoms with Gasteiger partial charge in [0.05, 0.1) is 5.88 Å². The molecule has 1 saturated heterocycles. The molecule has 6 heteroatoms. The van der Waals surface area contributed by atoms with E-state index in [1.54, 1.807) is 11.8 Å². The van der Waals surface area contributed by atoms with Crippen molar-refractivity contribution in [3.05, 3.63) is 34.9 Å². The van der Waals surface area contributed by atoms with E-state index in [9.17, 15) is 9.59 Å². The van der Waals surface area contributed by atoms with Crippen LogP contribution in [0.15, 0.2) is 18.2 Å². The first-order chi connectivity index (χ1) is 11.2. The molecule has 5 nitrogen and oxygen atoms in total. The largest absolute Gasteiger partial charge is 0.444 e. The van der Waals surface area contributed by atoms with Gasteiger partial charge in [-0.15, -0.1) is 11.8 Å². The molecule has 1 aliphatic heterocycles. The SMILES string of the molecule is Cc1cccc(C)c1CNC(=O)[C@@H]1CSCN1C(=O)OC(C)(C)C. The van der Waals surface area contributed by atoms with Gasteiger partial charge in [0, 0.05) is 12.3 Å². The molecule has 0 unspecified atom stereocenters. The van der Waals surface area contributed by atoms with Crippen molar-refractivity contribution in [2.24, 2.45) is 0 Å². The Labute approximate surface area is 148 Å². The molecule has 2 rings (SSSR count). The molecule has 0 saturated carbocycles. The third-order valence-electron chi connectivity index (χ3n) is 3.90. The molecule has 1 aromatic carbocycles. The predicted molar refractivity (Wildman–Crippen MR) is 96.9 cm³/mol. The second kappa shape index (κ2) is 7.47. The van der Waals surface area contributed by atoms with Gasteiger partial charge in [0.25, 0.3) is 0 Å². The third kappa shape index (κ3) is 4.66. The lowest BCUT2D eigenvalue weighted by Gasteiger charge is -2.27. The number of hydrogen-bond acceptors (Lipinski definition) is 4. The van der Waals surface area contributed by atoms with Crippen LogP contribution in [0.25, 0.3) is 0 Å². The van der Waals surface area contributed by atoms with E-state index in [4.69, 9.17) is 4.74 Å². The summed E-state index contributed by atoms with van der Waals surface area (Å²) in [5.41, 5.74) is 2.87. The molecule has 24 heavy (non-hydrogen) atoms. The van der Waals surface area contributed by atoms with Crippen molar-refractivity contribution in [3.63, 3.8) is 0 Å². The lowest BCUT2D eigenvalue weighted by atomic mass is 10.0. The average Bonchev–Trinajstić information content (AvgIpc) is 2.94. The van der Waals surface area contributed by atoms with Crippen molar-refractivity contribution in [2.45, 2.75) is 52.8 Å². The van der Waals surface area contributed by atoms with E-state index in [-0.39, 0.29) is 5.91 Å². The number of rotatable bonds is 3. The summed E-state index contributed by atoms with van der Waals surface area (Å²) in [5.74, 6) is 0.947. The summed E-state index contributed by atoms with van der Waals surface area (Å²) >= 11 is 1.57. The fraction of sp³-hybridized carbons (Fsp3) is 0.556. The normalized spacial score (nSPS) is 17.7. The Morgan fingerprint density at radius 2 is 1.92 bits per heavy atom. The van der Waals surface area contributed by atoms with E-state index in [1.165, 1.54) is 4.90 Å². The quantitative estimate of drug-likeness (QED) is 0.909. The van der Waals surface area contributed by atoms with Crippen LogP contribution in [0.5, 0.6) is 0 Å². The Morgan fingerprint density at radius 1 is 1.29 bits per heavy atom. The minimum absolute atomic E-state index is 0.131. The van der Waals surface area contributed by atoms with Gasteiger partial charge in [0.15, 0.2) is 0 Å². The Morgan fingerprint density at radius 3 is 2.50 bits per heavy atom. The summed E-state index contributed by atoms with van der Waals surface area (Å²) in [7, 11) is 0. The standard InChI is InChI=1S/C18H26N2O3S/c1-12-7-6-8-13(2)14(12)9-19-16(21)15-10-24-11-20(15)17(22)23-18(3,4)5/h6-8,15H,9-11H2,1-5H3,(H,19,21)/t15-/m0/s1. The molecule has 132 valence electrons. The first-order valence-corrected chi connectivity index (χ1v) is 9.24. The van der Waals surface area contributed by atoms with Gasteiger partial charge in [-0.05, 0) is 51.3 Å². The highest BCUT2D eigenvalue weighted by Gasteiger charge is 2.37. The van der Waals surface area contributed by atoms with Gasteiger partial charge in [0.2, 0.25) is 5.91 Å². The van der Waals surface area contributed by atoms with Crippen molar-refractivity contribution in [3.8, 4) is 0 Å². The molecular weight excluding hydrogens is 324 g/mol. The van der Waals surface area contributed by atoms with Crippen molar-refractivity contribution < 1.29 is 14.3 Å². The molecule has 1 heterocycles. The summed E-state index contributed by atoms with van der Waals surface area (Å²) in [6.07, 6.45) is -0.431. The Bertz CT molecular complexity index is 605. The van der Waals surface area contributed by atoms with Crippen LogP contribution in [0.4, 0.5) is 4.79 Å². The zero-order valence-electron chi connectivity index (χ0n) is 15.0. The molecule has 0 aliphatic carbocycles. The molecule has 0 bridgehead atoms. The van der Waals surface area contributed by atoms with Crippen LogP contribution in [0.3, 0.4) is 0 Å². The van der Waals surface area contributed by atoms with Crippen molar-refractivity contribution in [2.75, 3.05) is 11.6 Å². The molecule has 1 aliphatic rings. The summed E-state index contributed by atoms with van der Waals surface area (Å²) in [4.78, 5) is 26.3. The van der Waals surface area contributed by atoms with E-state index in [0.29, 0.717) is 18.2 Å². The number of ether oxygens (including phenoxy) is 1.